The van der Waals surface area contributed by atoms with Crippen LogP contribution in [-0.2, 0) is 14.4 Å². The third-order valence-electron chi connectivity index (χ3n) is 2.61. The number of rotatable bonds is 2. The van der Waals surface area contributed by atoms with Gasteiger partial charge in [0.1, 0.15) is 12.6 Å². The van der Waals surface area contributed by atoms with Gasteiger partial charge in [0, 0.05) is 13.1 Å². The van der Waals surface area contributed by atoms with Crippen molar-refractivity contribution in [2.75, 3.05) is 19.6 Å². The molecule has 0 aromatic rings. The number of amides is 2. The van der Waals surface area contributed by atoms with E-state index in [9.17, 15) is 27.6 Å². The summed E-state index contributed by atoms with van der Waals surface area (Å²) in [5, 5.41) is 8.70. The summed E-state index contributed by atoms with van der Waals surface area (Å²) < 4.78 is 36.4. The Morgan fingerprint density at radius 1 is 1.33 bits per heavy atom. The summed E-state index contributed by atoms with van der Waals surface area (Å²) in [6, 6.07) is -1.12. The highest BCUT2D eigenvalue weighted by atomic mass is 19.4. The highest BCUT2D eigenvalue weighted by Crippen LogP contribution is 2.20. The quantitative estimate of drug-likeness (QED) is 0.745. The minimum absolute atomic E-state index is 0.228. The van der Waals surface area contributed by atoms with Crippen molar-refractivity contribution in [3.05, 3.63) is 0 Å². The Morgan fingerprint density at radius 2 is 1.89 bits per heavy atom. The summed E-state index contributed by atoms with van der Waals surface area (Å²) in [7, 11) is 0. The Hall–Kier alpha value is -1.80. The highest BCUT2D eigenvalue weighted by Gasteiger charge is 2.45. The van der Waals surface area contributed by atoms with Crippen LogP contribution in [0.1, 0.15) is 6.92 Å². The first kappa shape index (κ1) is 14.3. The number of carbonyl (C=O) groups excluding carboxylic acids is 2. The topological polar surface area (TPSA) is 77.9 Å². The van der Waals surface area contributed by atoms with Crippen LogP contribution in [0.4, 0.5) is 13.2 Å². The van der Waals surface area contributed by atoms with Crippen molar-refractivity contribution in [2.24, 2.45) is 0 Å². The van der Waals surface area contributed by atoms with E-state index in [1.807, 2.05) is 0 Å². The van der Waals surface area contributed by atoms with Crippen molar-refractivity contribution in [3.63, 3.8) is 0 Å². The van der Waals surface area contributed by atoms with E-state index in [-0.39, 0.29) is 13.1 Å². The smallest absolute Gasteiger partial charge is 0.471 e. The molecule has 9 heteroatoms. The number of carbonyl (C=O) groups is 3. The second-order valence-corrected chi connectivity index (χ2v) is 3.83. The van der Waals surface area contributed by atoms with Gasteiger partial charge in [-0.3, -0.25) is 9.59 Å². The monoisotopic (exact) mass is 268 g/mol. The number of piperazine rings is 1. The number of hydrogen-bond donors (Lipinski definition) is 1. The van der Waals surface area contributed by atoms with Crippen molar-refractivity contribution in [3.8, 4) is 0 Å². The number of hydrogen-bond acceptors (Lipinski definition) is 3. The largest absolute Gasteiger partial charge is 0.480 e. The predicted octanol–water partition coefficient (Wildman–Crippen LogP) is -0.307. The van der Waals surface area contributed by atoms with Crippen molar-refractivity contribution in [2.45, 2.75) is 19.1 Å². The van der Waals surface area contributed by atoms with E-state index in [1.54, 1.807) is 0 Å². The standard InChI is InChI=1S/C9H11F3N2O4/c1-5(7(16)17)14-3-2-13(4-6(14)15)8(18)9(10,11)12/h5H,2-4H2,1H3,(H,16,17). The summed E-state index contributed by atoms with van der Waals surface area (Å²) in [5.41, 5.74) is 0. The number of halogens is 3. The molecule has 0 radical (unpaired) electrons. The first-order valence-corrected chi connectivity index (χ1v) is 5.03. The highest BCUT2D eigenvalue weighted by molar-refractivity contribution is 5.90. The molecule has 102 valence electrons. The molecule has 1 saturated heterocycles. The van der Waals surface area contributed by atoms with Crippen LogP contribution in [0.3, 0.4) is 0 Å². The lowest BCUT2D eigenvalue weighted by Gasteiger charge is -2.36. The van der Waals surface area contributed by atoms with E-state index in [0.29, 0.717) is 4.90 Å². The first-order valence-electron chi connectivity index (χ1n) is 5.03. The second-order valence-electron chi connectivity index (χ2n) is 3.83. The molecule has 6 nitrogen and oxygen atoms in total. The van der Waals surface area contributed by atoms with E-state index in [2.05, 4.69) is 0 Å². The van der Waals surface area contributed by atoms with Crippen LogP contribution in [0, 0.1) is 0 Å². The maximum absolute atomic E-state index is 12.1. The minimum Gasteiger partial charge on any atom is -0.480 e. The maximum atomic E-state index is 12.1. The van der Waals surface area contributed by atoms with Gasteiger partial charge in [0.25, 0.3) is 0 Å². The number of carboxylic acid groups (broad SMARTS) is 1. The Balaban J connectivity index is 2.70. The van der Waals surface area contributed by atoms with Gasteiger partial charge in [-0.15, -0.1) is 0 Å². The SMILES string of the molecule is CC(C(=O)O)N1CCN(C(=O)C(F)(F)F)CC1=O. The molecule has 1 atom stereocenters. The predicted molar refractivity (Wildman–Crippen MR) is 51.4 cm³/mol. The maximum Gasteiger partial charge on any atom is 0.471 e. The van der Waals surface area contributed by atoms with E-state index in [1.165, 1.54) is 6.92 Å². The average Bonchev–Trinajstić information content (AvgIpc) is 2.25. The molecule has 0 spiro atoms. The summed E-state index contributed by atoms with van der Waals surface area (Å²) in [5.74, 6) is -4.15. The van der Waals surface area contributed by atoms with E-state index >= 15 is 0 Å². The summed E-state index contributed by atoms with van der Waals surface area (Å²) in [4.78, 5) is 34.3. The molecular weight excluding hydrogens is 257 g/mol. The second kappa shape index (κ2) is 4.83. The number of nitrogens with zero attached hydrogens (tertiary/aromatic N) is 2. The van der Waals surface area contributed by atoms with Gasteiger partial charge in [0.2, 0.25) is 5.91 Å². The molecule has 1 aliphatic rings. The van der Waals surface area contributed by atoms with Crippen molar-refractivity contribution in [1.29, 1.82) is 0 Å². The van der Waals surface area contributed by atoms with Crippen molar-refractivity contribution < 1.29 is 32.7 Å². The van der Waals surface area contributed by atoms with Gasteiger partial charge in [-0.2, -0.15) is 13.2 Å². The van der Waals surface area contributed by atoms with Crippen molar-refractivity contribution in [1.82, 2.24) is 9.80 Å². The van der Waals surface area contributed by atoms with Gasteiger partial charge in [0.05, 0.1) is 0 Å². The van der Waals surface area contributed by atoms with Crippen LogP contribution in [0.2, 0.25) is 0 Å². The zero-order valence-electron chi connectivity index (χ0n) is 9.40. The van der Waals surface area contributed by atoms with E-state index < -0.39 is 36.5 Å². The Morgan fingerprint density at radius 3 is 2.28 bits per heavy atom. The number of carboxylic acids is 1. The van der Waals surface area contributed by atoms with Gasteiger partial charge in [-0.25, -0.2) is 4.79 Å². The summed E-state index contributed by atoms with van der Waals surface area (Å²) in [6.07, 6.45) is -5.03. The molecule has 1 fully saturated rings. The molecule has 18 heavy (non-hydrogen) atoms. The summed E-state index contributed by atoms with van der Waals surface area (Å²) in [6.45, 7) is -0.0622. The fraction of sp³-hybridized carbons (Fsp3) is 0.667. The third-order valence-corrected chi connectivity index (χ3v) is 2.61. The van der Waals surface area contributed by atoms with Gasteiger partial charge in [0.15, 0.2) is 0 Å². The molecular formula is C9H11F3N2O4. The fourth-order valence-corrected chi connectivity index (χ4v) is 1.58. The number of alkyl halides is 3. The van der Waals surface area contributed by atoms with Crippen LogP contribution in [-0.4, -0.2) is 64.5 Å². The van der Waals surface area contributed by atoms with Gasteiger partial charge in [-0.1, -0.05) is 0 Å². The lowest BCUT2D eigenvalue weighted by atomic mass is 10.2. The van der Waals surface area contributed by atoms with Crippen LogP contribution in [0.5, 0.6) is 0 Å². The fourth-order valence-electron chi connectivity index (χ4n) is 1.58. The van der Waals surface area contributed by atoms with Crippen molar-refractivity contribution >= 4 is 17.8 Å². The van der Waals surface area contributed by atoms with Gasteiger partial charge in [-0.05, 0) is 6.92 Å². The van der Waals surface area contributed by atoms with Crippen LogP contribution >= 0.6 is 0 Å². The molecule has 0 bridgehead atoms. The average molecular weight is 268 g/mol. The summed E-state index contributed by atoms with van der Waals surface area (Å²) >= 11 is 0. The van der Waals surface area contributed by atoms with E-state index in [0.717, 1.165) is 4.90 Å². The normalized spacial score (nSPS) is 18.8. The van der Waals surface area contributed by atoms with Gasteiger partial charge >= 0.3 is 18.1 Å². The number of aliphatic carboxylic acids is 1. The Kier molecular flexibility index (Phi) is 3.82. The molecule has 1 rings (SSSR count). The molecule has 0 aromatic heterocycles. The molecule has 0 saturated carbocycles. The van der Waals surface area contributed by atoms with Crippen LogP contribution in [0.15, 0.2) is 0 Å². The molecule has 1 heterocycles. The van der Waals surface area contributed by atoms with E-state index in [4.69, 9.17) is 5.11 Å². The molecule has 0 aromatic carbocycles. The Labute approximate surface area is 99.9 Å². The minimum atomic E-state index is -5.03. The van der Waals surface area contributed by atoms with Gasteiger partial charge < -0.3 is 14.9 Å². The Bertz CT molecular complexity index is 382. The molecule has 1 aliphatic heterocycles. The zero-order chi connectivity index (χ0) is 14.1. The molecule has 1 unspecified atom stereocenters. The zero-order valence-corrected chi connectivity index (χ0v) is 9.40. The molecule has 2 amide bonds. The van der Waals surface area contributed by atoms with Crippen LogP contribution < -0.4 is 0 Å². The van der Waals surface area contributed by atoms with Crippen LogP contribution in [0.25, 0.3) is 0 Å². The first-order chi connectivity index (χ1) is 8.14. The molecule has 0 aliphatic carbocycles. The lowest BCUT2D eigenvalue weighted by Crippen LogP contribution is -2.58. The lowest BCUT2D eigenvalue weighted by molar-refractivity contribution is -0.188. The molecule has 1 N–H and O–H groups in total. The third kappa shape index (κ3) is 2.90.